The summed E-state index contributed by atoms with van der Waals surface area (Å²) in [5.41, 5.74) is 4.58. The molecule has 1 aliphatic heterocycles. The molecule has 0 bridgehead atoms. The highest BCUT2D eigenvalue weighted by Crippen LogP contribution is 2.49. The van der Waals surface area contributed by atoms with Crippen LogP contribution < -0.4 is 14.2 Å². The van der Waals surface area contributed by atoms with Crippen LogP contribution in [0, 0.1) is 6.92 Å². The molecule has 0 aliphatic carbocycles. The summed E-state index contributed by atoms with van der Waals surface area (Å²) in [5.74, 6) is 0.0424. The van der Waals surface area contributed by atoms with Crippen LogP contribution in [0.25, 0.3) is 27.3 Å². The number of rotatable bonds is 12. The van der Waals surface area contributed by atoms with Crippen molar-refractivity contribution in [2.75, 3.05) is 30.1 Å². The third-order valence-electron chi connectivity index (χ3n) is 7.16. The van der Waals surface area contributed by atoms with Gasteiger partial charge in [-0.3, -0.25) is 9.11 Å². The van der Waals surface area contributed by atoms with Crippen LogP contribution in [0.3, 0.4) is 0 Å². The Bertz CT molecular complexity index is 1960. The maximum atomic E-state index is 11.5. The summed E-state index contributed by atoms with van der Waals surface area (Å²) in [5, 5.41) is 2.76. The van der Waals surface area contributed by atoms with Gasteiger partial charge in [-0.15, -0.1) is 0 Å². The van der Waals surface area contributed by atoms with E-state index in [1.54, 1.807) is 36.5 Å². The molecule has 230 valence electrons. The highest BCUT2D eigenvalue weighted by atomic mass is 32.2. The monoisotopic (exact) mass is 665 g/mol. The summed E-state index contributed by atoms with van der Waals surface area (Å²) in [6, 6.07) is 9.80. The highest BCUT2D eigenvalue weighted by molar-refractivity contribution is 8.03. The standard InChI is InChI=1S/C29H32N2O8S4/c1-4-20(16-27-30(10-5-13-42(32,33)34)22-18-24(38-3)19(2)15-26(22)41-27)17-28-31(11-6-14-43(35,36)37)29-21-9-12-39-23(21)7-8-25(29)40-28/h7-9,12,15-18H,4-6,10-11,13-14H2,1-3H3,(H-,32,33,34,35,36,37)/p+1. The van der Waals surface area contributed by atoms with Crippen molar-refractivity contribution in [1.29, 1.82) is 0 Å². The fourth-order valence-corrected chi connectivity index (χ4v) is 8.55. The lowest BCUT2D eigenvalue weighted by Crippen LogP contribution is -2.36. The van der Waals surface area contributed by atoms with Gasteiger partial charge < -0.3 is 14.1 Å². The Morgan fingerprint density at radius 1 is 1.09 bits per heavy atom. The first kappa shape index (κ1) is 31.5. The third kappa shape index (κ3) is 7.27. The van der Waals surface area contributed by atoms with Crippen molar-refractivity contribution in [3.63, 3.8) is 0 Å². The van der Waals surface area contributed by atoms with Crippen molar-refractivity contribution in [2.45, 2.75) is 44.6 Å². The minimum atomic E-state index is -4.10. The fraction of sp³-hybridized carbons (Fsp3) is 0.345. The molecule has 0 radical (unpaired) electrons. The van der Waals surface area contributed by atoms with Crippen molar-refractivity contribution >= 4 is 76.3 Å². The van der Waals surface area contributed by atoms with Crippen molar-refractivity contribution in [3.05, 3.63) is 63.8 Å². The molecule has 0 fully saturated rings. The minimum Gasteiger partial charge on any atom is -0.496 e. The quantitative estimate of drug-likeness (QED) is 0.136. The molecule has 0 unspecified atom stereocenters. The van der Waals surface area contributed by atoms with Gasteiger partial charge >= 0.3 is 0 Å². The van der Waals surface area contributed by atoms with Crippen molar-refractivity contribution in [2.24, 2.45) is 0 Å². The van der Waals surface area contributed by atoms with Gasteiger partial charge in [-0.25, -0.2) is 0 Å². The maximum Gasteiger partial charge on any atom is 0.265 e. The van der Waals surface area contributed by atoms with Gasteiger partial charge in [-0.2, -0.15) is 21.4 Å². The van der Waals surface area contributed by atoms with Gasteiger partial charge in [0, 0.05) is 30.0 Å². The van der Waals surface area contributed by atoms with Gasteiger partial charge in [0.05, 0.1) is 41.0 Å². The molecule has 3 heterocycles. The van der Waals surface area contributed by atoms with Crippen LogP contribution in [-0.2, 0) is 26.8 Å². The molecule has 1 aliphatic rings. The number of nitrogens with zero attached hydrogens (tertiary/aromatic N) is 2. The van der Waals surface area contributed by atoms with Gasteiger partial charge in [0.25, 0.3) is 25.2 Å². The number of benzene rings is 2. The molecular weight excluding hydrogens is 633 g/mol. The van der Waals surface area contributed by atoms with Gasteiger partial charge in [0.15, 0.2) is 6.54 Å². The van der Waals surface area contributed by atoms with Crippen LogP contribution in [-0.4, -0.2) is 51.1 Å². The van der Waals surface area contributed by atoms with E-state index in [-0.39, 0.29) is 24.3 Å². The number of anilines is 1. The Labute approximate surface area is 259 Å². The molecule has 0 amide bonds. The molecule has 2 aromatic carbocycles. The van der Waals surface area contributed by atoms with E-state index >= 15 is 0 Å². The first-order valence-electron chi connectivity index (χ1n) is 13.7. The Morgan fingerprint density at radius 3 is 2.53 bits per heavy atom. The minimum absolute atomic E-state index is 0.237. The van der Waals surface area contributed by atoms with E-state index in [2.05, 4.69) is 34.6 Å². The van der Waals surface area contributed by atoms with Crippen LogP contribution in [0.1, 0.15) is 36.8 Å². The lowest BCUT2D eigenvalue weighted by molar-refractivity contribution is -0.667. The zero-order chi connectivity index (χ0) is 30.9. The Hall–Kier alpha value is -2.88. The molecule has 4 aromatic rings. The number of hydrogen-bond acceptors (Lipinski definition) is 9. The predicted octanol–water partition coefficient (Wildman–Crippen LogP) is 6.05. The Morgan fingerprint density at radius 2 is 1.84 bits per heavy atom. The van der Waals surface area contributed by atoms with Crippen LogP contribution in [0.15, 0.2) is 62.6 Å². The molecule has 0 spiro atoms. The Kier molecular flexibility index (Phi) is 9.26. The van der Waals surface area contributed by atoms with Crippen molar-refractivity contribution < 1.29 is 39.7 Å². The van der Waals surface area contributed by atoms with Crippen molar-refractivity contribution in [3.8, 4) is 5.75 Å². The van der Waals surface area contributed by atoms with Crippen LogP contribution in [0.5, 0.6) is 5.75 Å². The second kappa shape index (κ2) is 12.6. The van der Waals surface area contributed by atoms with Crippen LogP contribution in [0.4, 0.5) is 5.69 Å². The second-order valence-electron chi connectivity index (χ2n) is 10.2. The molecule has 5 rings (SSSR count). The van der Waals surface area contributed by atoms with Crippen molar-refractivity contribution in [1.82, 2.24) is 0 Å². The number of aryl methyl sites for hydroxylation is 2. The SMILES string of the molecule is CCC(/C=C1\Sc2cc(C)c(OC)cc2N1CCCS(=O)(=O)O)=C\c1sc2ccc3occc3c2[n+]1CCCS(=O)(=O)O. The van der Waals surface area contributed by atoms with Crippen LogP contribution >= 0.6 is 23.1 Å². The number of thioether (sulfide) groups is 1. The number of aromatic nitrogens is 1. The zero-order valence-corrected chi connectivity index (χ0v) is 27.2. The fourth-order valence-electron chi connectivity index (χ4n) is 5.14. The molecule has 2 aromatic heterocycles. The average Bonchev–Trinajstić information content (AvgIpc) is 3.62. The number of furan rings is 1. The summed E-state index contributed by atoms with van der Waals surface area (Å²) in [6.07, 6.45) is 6.97. The number of allylic oxidation sites excluding steroid dienone is 2. The molecule has 0 saturated heterocycles. The first-order valence-corrected chi connectivity index (χ1v) is 18.5. The molecule has 0 saturated carbocycles. The van der Waals surface area contributed by atoms with E-state index in [9.17, 15) is 25.9 Å². The average molecular weight is 666 g/mol. The highest BCUT2D eigenvalue weighted by Gasteiger charge is 2.28. The van der Waals surface area contributed by atoms with E-state index in [1.807, 2.05) is 31.2 Å². The summed E-state index contributed by atoms with van der Waals surface area (Å²) >= 11 is 3.17. The van der Waals surface area contributed by atoms with E-state index < -0.39 is 20.2 Å². The molecular formula is C29H33N2O8S4+. The van der Waals surface area contributed by atoms with Gasteiger partial charge in [0.1, 0.15) is 16.0 Å². The van der Waals surface area contributed by atoms with E-state index in [1.165, 1.54) is 0 Å². The first-order chi connectivity index (χ1) is 20.4. The zero-order valence-electron chi connectivity index (χ0n) is 23.9. The summed E-state index contributed by atoms with van der Waals surface area (Å²) in [4.78, 5) is 3.08. The van der Waals surface area contributed by atoms with Gasteiger partial charge in [0.2, 0.25) is 5.52 Å². The normalized spacial score (nSPS) is 15.2. The predicted molar refractivity (Wildman–Crippen MR) is 171 cm³/mol. The number of hydrogen-bond donors (Lipinski definition) is 2. The van der Waals surface area contributed by atoms with E-state index in [0.717, 1.165) is 58.7 Å². The molecule has 0 atom stereocenters. The van der Waals surface area contributed by atoms with Gasteiger partial charge in [-0.05, 0) is 61.2 Å². The second-order valence-corrected chi connectivity index (χ2v) is 15.5. The van der Waals surface area contributed by atoms with Crippen LogP contribution in [0.2, 0.25) is 0 Å². The molecule has 10 nitrogen and oxygen atoms in total. The van der Waals surface area contributed by atoms with Gasteiger partial charge in [-0.1, -0.05) is 30.0 Å². The number of fused-ring (bicyclic) bond motifs is 4. The largest absolute Gasteiger partial charge is 0.496 e. The third-order valence-corrected chi connectivity index (χ3v) is 11.0. The Balaban J connectivity index is 1.56. The number of ether oxygens (including phenoxy) is 1. The van der Waals surface area contributed by atoms with E-state index in [4.69, 9.17) is 9.15 Å². The topological polar surface area (TPSA) is 138 Å². The number of methoxy groups -OCH3 is 1. The summed E-state index contributed by atoms with van der Waals surface area (Å²) in [7, 11) is -6.58. The lowest BCUT2D eigenvalue weighted by Gasteiger charge is -2.21. The van der Waals surface area contributed by atoms with E-state index in [0.29, 0.717) is 19.5 Å². The summed E-state index contributed by atoms with van der Waals surface area (Å²) < 4.78 is 78.7. The molecule has 2 N–H and O–H groups in total. The summed E-state index contributed by atoms with van der Waals surface area (Å²) in [6.45, 7) is 4.78. The molecule has 43 heavy (non-hydrogen) atoms. The smallest absolute Gasteiger partial charge is 0.265 e. The number of thiazole rings is 1. The molecule has 14 heteroatoms. The lowest BCUT2D eigenvalue weighted by atomic mass is 10.1. The maximum absolute atomic E-state index is 11.5.